The highest BCUT2D eigenvalue weighted by Crippen LogP contribution is 2.43. The van der Waals surface area contributed by atoms with Crippen molar-refractivity contribution in [2.24, 2.45) is 11.3 Å². The second kappa shape index (κ2) is 9.21. The Bertz CT molecular complexity index is 927. The zero-order valence-electron chi connectivity index (χ0n) is 17.9. The van der Waals surface area contributed by atoms with E-state index in [0.29, 0.717) is 11.4 Å². The lowest BCUT2D eigenvalue weighted by Gasteiger charge is -2.42. The number of aryl methyl sites for hydroxylation is 1. The Morgan fingerprint density at radius 3 is 2.27 bits per heavy atom. The average Bonchev–Trinajstić information content (AvgIpc) is 3.53. The molecule has 0 heterocycles. The summed E-state index contributed by atoms with van der Waals surface area (Å²) in [4.78, 5) is 0.343. The number of sulfonamides is 1. The normalized spacial score (nSPS) is 18.2. The Morgan fingerprint density at radius 1 is 1.00 bits per heavy atom. The first-order chi connectivity index (χ1) is 14.4. The number of hydrogen-bond donors (Lipinski definition) is 1. The number of benzene rings is 2. The van der Waals surface area contributed by atoms with Gasteiger partial charge in [-0.25, -0.2) is 13.1 Å². The molecule has 0 bridgehead atoms. The van der Waals surface area contributed by atoms with Gasteiger partial charge in [-0.1, -0.05) is 48.4 Å². The van der Waals surface area contributed by atoms with Crippen LogP contribution in [0.2, 0.25) is 0 Å². The lowest BCUT2D eigenvalue weighted by molar-refractivity contribution is 0.127. The highest BCUT2D eigenvalue weighted by Gasteiger charge is 2.38. The Kier molecular flexibility index (Phi) is 6.61. The fourth-order valence-corrected chi connectivity index (χ4v) is 5.28. The zero-order chi connectivity index (χ0) is 21.0. The van der Waals surface area contributed by atoms with Crippen molar-refractivity contribution in [2.45, 2.75) is 56.8 Å². The van der Waals surface area contributed by atoms with Gasteiger partial charge in [0.15, 0.2) is 0 Å². The largest absolute Gasteiger partial charge is 0.381 e. The summed E-state index contributed by atoms with van der Waals surface area (Å²) in [5.41, 5.74) is 3.68. The molecule has 0 unspecified atom stereocenters. The fourth-order valence-electron chi connectivity index (χ4n) is 4.12. The minimum absolute atomic E-state index is 0.0344. The Hall–Kier alpha value is -1.69. The monoisotopic (exact) mass is 427 g/mol. The van der Waals surface area contributed by atoms with Crippen molar-refractivity contribution < 1.29 is 13.2 Å². The predicted octanol–water partition coefficient (Wildman–Crippen LogP) is 4.66. The maximum absolute atomic E-state index is 12.7. The van der Waals surface area contributed by atoms with Crippen LogP contribution in [0.4, 0.5) is 0 Å². The van der Waals surface area contributed by atoms with Gasteiger partial charge in [0.2, 0.25) is 10.0 Å². The molecule has 4 nitrogen and oxygen atoms in total. The summed E-state index contributed by atoms with van der Waals surface area (Å²) in [5.74, 6) is 0.814. The summed E-state index contributed by atoms with van der Waals surface area (Å²) < 4.78 is 34.0. The maximum Gasteiger partial charge on any atom is 0.240 e. The molecule has 2 aromatic rings. The number of ether oxygens (including phenoxy) is 1. The van der Waals surface area contributed by atoms with Crippen LogP contribution in [-0.2, 0) is 27.6 Å². The molecule has 1 N–H and O–H groups in total. The number of nitrogens with one attached hydrogen (secondary N) is 1. The smallest absolute Gasteiger partial charge is 0.240 e. The zero-order valence-corrected chi connectivity index (χ0v) is 18.7. The van der Waals surface area contributed by atoms with E-state index in [2.05, 4.69) is 29.0 Å². The quantitative estimate of drug-likeness (QED) is 0.531. The second-order valence-electron chi connectivity index (χ2n) is 9.25. The standard InChI is InChI=1S/C25H33NO3S/c1-20-3-11-24(12-4-20)30(27,28)26-19-25(14-2-15-25)17-22-7-5-21(6-8-22)13-16-29-18-23-9-10-23/h3-8,11-12,23,26H,2,9-10,13-19H2,1H3. The van der Waals surface area contributed by atoms with Gasteiger partial charge < -0.3 is 4.74 Å². The number of rotatable bonds is 11. The summed E-state index contributed by atoms with van der Waals surface area (Å²) >= 11 is 0. The molecule has 0 aliphatic heterocycles. The van der Waals surface area contributed by atoms with E-state index in [1.807, 2.05) is 19.1 Å². The van der Waals surface area contributed by atoms with Crippen LogP contribution < -0.4 is 4.72 Å². The Labute approximate surface area is 181 Å². The summed E-state index contributed by atoms with van der Waals surface area (Å²) in [6.07, 6.45) is 7.84. The first kappa shape index (κ1) is 21.5. The molecule has 162 valence electrons. The van der Waals surface area contributed by atoms with Crippen molar-refractivity contribution in [3.63, 3.8) is 0 Å². The molecule has 4 rings (SSSR count). The van der Waals surface area contributed by atoms with Crippen molar-refractivity contribution in [1.82, 2.24) is 4.72 Å². The molecule has 0 amide bonds. The van der Waals surface area contributed by atoms with E-state index < -0.39 is 10.0 Å². The molecule has 0 radical (unpaired) electrons. The van der Waals surface area contributed by atoms with Gasteiger partial charge in [0, 0.05) is 13.2 Å². The highest BCUT2D eigenvalue weighted by atomic mass is 32.2. The van der Waals surface area contributed by atoms with Crippen LogP contribution in [0.5, 0.6) is 0 Å². The van der Waals surface area contributed by atoms with Gasteiger partial charge in [0.05, 0.1) is 11.5 Å². The first-order valence-electron chi connectivity index (χ1n) is 11.2. The predicted molar refractivity (Wildman–Crippen MR) is 120 cm³/mol. The molecule has 0 spiro atoms. The second-order valence-corrected chi connectivity index (χ2v) is 11.0. The van der Waals surface area contributed by atoms with Crippen molar-refractivity contribution in [3.05, 3.63) is 65.2 Å². The molecule has 2 aromatic carbocycles. The molecule has 5 heteroatoms. The molecular weight excluding hydrogens is 394 g/mol. The molecular formula is C25H33NO3S. The van der Waals surface area contributed by atoms with Crippen molar-refractivity contribution in [1.29, 1.82) is 0 Å². The van der Waals surface area contributed by atoms with Crippen molar-refractivity contribution >= 4 is 10.0 Å². The number of hydrogen-bond acceptors (Lipinski definition) is 3. The minimum atomic E-state index is -3.46. The van der Waals surface area contributed by atoms with Gasteiger partial charge in [-0.2, -0.15) is 0 Å². The molecule has 2 aliphatic carbocycles. The maximum atomic E-state index is 12.7. The van der Waals surface area contributed by atoms with Gasteiger partial charge >= 0.3 is 0 Å². The highest BCUT2D eigenvalue weighted by molar-refractivity contribution is 7.89. The van der Waals surface area contributed by atoms with E-state index in [1.54, 1.807) is 12.1 Å². The van der Waals surface area contributed by atoms with Gasteiger partial charge in [0.1, 0.15) is 0 Å². The summed E-state index contributed by atoms with van der Waals surface area (Å²) in [6.45, 7) is 4.17. The van der Waals surface area contributed by atoms with Crippen LogP contribution in [-0.4, -0.2) is 28.2 Å². The molecule has 0 aromatic heterocycles. The molecule has 30 heavy (non-hydrogen) atoms. The third-order valence-corrected chi connectivity index (χ3v) is 7.99. The topological polar surface area (TPSA) is 55.4 Å². The third-order valence-electron chi connectivity index (χ3n) is 6.57. The summed E-state index contributed by atoms with van der Waals surface area (Å²) in [5, 5.41) is 0. The van der Waals surface area contributed by atoms with Crippen LogP contribution in [0.3, 0.4) is 0 Å². The van der Waals surface area contributed by atoms with E-state index >= 15 is 0 Å². The van der Waals surface area contributed by atoms with Gasteiger partial charge in [0.25, 0.3) is 0 Å². The Balaban J connectivity index is 1.30. The summed E-state index contributed by atoms with van der Waals surface area (Å²) in [7, 11) is -3.46. The molecule has 0 atom stereocenters. The molecule has 2 aliphatic rings. The van der Waals surface area contributed by atoms with Gasteiger partial charge in [-0.15, -0.1) is 0 Å². The van der Waals surface area contributed by atoms with Crippen LogP contribution in [0, 0.1) is 18.3 Å². The van der Waals surface area contributed by atoms with Crippen LogP contribution in [0.15, 0.2) is 53.4 Å². The first-order valence-corrected chi connectivity index (χ1v) is 12.6. The van der Waals surface area contributed by atoms with Crippen molar-refractivity contribution in [2.75, 3.05) is 19.8 Å². The van der Waals surface area contributed by atoms with Crippen LogP contribution in [0.1, 0.15) is 48.8 Å². The van der Waals surface area contributed by atoms with E-state index in [-0.39, 0.29) is 5.41 Å². The van der Waals surface area contributed by atoms with Crippen molar-refractivity contribution in [3.8, 4) is 0 Å². The van der Waals surface area contributed by atoms with Gasteiger partial charge in [-0.3, -0.25) is 0 Å². The fraction of sp³-hybridized carbons (Fsp3) is 0.520. The molecule has 2 saturated carbocycles. The summed E-state index contributed by atoms with van der Waals surface area (Å²) in [6, 6.07) is 15.8. The van der Waals surface area contributed by atoms with E-state index in [4.69, 9.17) is 4.74 Å². The van der Waals surface area contributed by atoms with Gasteiger partial charge in [-0.05, 0) is 80.0 Å². The van der Waals surface area contributed by atoms with E-state index in [0.717, 1.165) is 50.4 Å². The lowest BCUT2D eigenvalue weighted by Crippen LogP contribution is -2.43. The van der Waals surface area contributed by atoms with Crippen LogP contribution >= 0.6 is 0 Å². The van der Waals surface area contributed by atoms with Crippen LogP contribution in [0.25, 0.3) is 0 Å². The SMILES string of the molecule is Cc1ccc(S(=O)(=O)NCC2(Cc3ccc(CCOCC4CC4)cc3)CCC2)cc1. The third kappa shape index (κ3) is 5.71. The van der Waals surface area contributed by atoms with E-state index in [9.17, 15) is 8.42 Å². The molecule has 0 saturated heterocycles. The Morgan fingerprint density at radius 2 is 1.67 bits per heavy atom. The van der Waals surface area contributed by atoms with E-state index in [1.165, 1.54) is 30.4 Å². The lowest BCUT2D eigenvalue weighted by atomic mass is 9.65. The minimum Gasteiger partial charge on any atom is -0.381 e. The average molecular weight is 428 g/mol. The molecule has 2 fully saturated rings.